The predicted molar refractivity (Wildman–Crippen MR) is 122 cm³/mol. The Morgan fingerprint density at radius 3 is 2.87 bits per heavy atom. The van der Waals surface area contributed by atoms with Crippen molar-refractivity contribution in [3.63, 3.8) is 0 Å². The summed E-state index contributed by atoms with van der Waals surface area (Å²) >= 11 is 0. The van der Waals surface area contributed by atoms with Crippen molar-refractivity contribution >= 4 is 29.9 Å². The van der Waals surface area contributed by atoms with Gasteiger partial charge in [0, 0.05) is 37.6 Å². The summed E-state index contributed by atoms with van der Waals surface area (Å²) in [6.45, 7) is 2.14. The minimum Gasteiger partial charge on any atom is -0.469 e. The average Bonchev–Trinajstić information content (AvgIpc) is 3.39. The van der Waals surface area contributed by atoms with Crippen LogP contribution in [0.3, 0.4) is 0 Å². The van der Waals surface area contributed by atoms with Crippen LogP contribution in [0.15, 0.2) is 46.0 Å². The zero-order valence-corrected chi connectivity index (χ0v) is 19.2. The Hall–Kier alpha value is -1.88. The largest absolute Gasteiger partial charge is 0.469 e. The predicted octanol–water partition coefficient (Wildman–Crippen LogP) is 4.12. The number of benzene rings is 1. The summed E-state index contributed by atoms with van der Waals surface area (Å²) in [6.07, 6.45) is 3.37. The average molecular weight is 535 g/mol. The highest BCUT2D eigenvalue weighted by Gasteiger charge is 2.16. The molecule has 0 amide bonds. The molecule has 166 valence electrons. The molecule has 2 heterocycles. The van der Waals surface area contributed by atoms with E-state index >= 15 is 0 Å². The Morgan fingerprint density at radius 1 is 1.30 bits per heavy atom. The van der Waals surface area contributed by atoms with Crippen LogP contribution < -0.4 is 15.4 Å². The molecule has 1 aromatic carbocycles. The van der Waals surface area contributed by atoms with E-state index in [1.54, 1.807) is 18.4 Å². The van der Waals surface area contributed by atoms with E-state index in [9.17, 15) is 8.78 Å². The number of guanidine groups is 1. The molecule has 0 saturated carbocycles. The first-order valence-corrected chi connectivity index (χ1v) is 9.77. The van der Waals surface area contributed by atoms with E-state index in [-0.39, 0.29) is 36.3 Å². The van der Waals surface area contributed by atoms with Crippen molar-refractivity contribution in [2.24, 2.45) is 10.9 Å². The number of ether oxygens (including phenoxy) is 2. The third-order valence-corrected chi connectivity index (χ3v) is 4.67. The van der Waals surface area contributed by atoms with Gasteiger partial charge >= 0.3 is 6.61 Å². The number of nitrogens with zero attached hydrogens (tertiary/aromatic N) is 1. The van der Waals surface area contributed by atoms with E-state index in [1.807, 2.05) is 25.1 Å². The van der Waals surface area contributed by atoms with Crippen LogP contribution >= 0.6 is 24.0 Å². The molecular formula is C21H28F2IN3O3. The summed E-state index contributed by atoms with van der Waals surface area (Å²) in [5, 5.41) is 6.60. The molecule has 1 aromatic heterocycles. The molecule has 0 radical (unpaired) electrons. The van der Waals surface area contributed by atoms with Gasteiger partial charge in [0.25, 0.3) is 0 Å². The molecule has 6 nitrogen and oxygen atoms in total. The molecule has 9 heteroatoms. The summed E-state index contributed by atoms with van der Waals surface area (Å²) in [7, 11) is 0. The van der Waals surface area contributed by atoms with E-state index < -0.39 is 6.61 Å². The molecule has 1 aliphatic heterocycles. The van der Waals surface area contributed by atoms with Crippen molar-refractivity contribution in [1.29, 1.82) is 0 Å². The van der Waals surface area contributed by atoms with Gasteiger partial charge < -0.3 is 24.5 Å². The maximum atomic E-state index is 12.7. The molecule has 0 spiro atoms. The molecule has 2 N–H and O–H groups in total. The zero-order valence-electron chi connectivity index (χ0n) is 16.9. The third kappa shape index (κ3) is 8.10. The lowest BCUT2D eigenvalue weighted by atomic mass is 10.1. The number of halogens is 3. The highest BCUT2D eigenvalue weighted by atomic mass is 127. The number of furan rings is 1. The van der Waals surface area contributed by atoms with Gasteiger partial charge in [0.05, 0.1) is 19.4 Å². The number of hydrogen-bond donors (Lipinski definition) is 2. The summed E-state index contributed by atoms with van der Waals surface area (Å²) in [5.74, 6) is 2.08. The second-order valence-corrected chi connectivity index (χ2v) is 7.02. The van der Waals surface area contributed by atoms with Crippen molar-refractivity contribution in [2.75, 3.05) is 26.3 Å². The van der Waals surface area contributed by atoms with Crippen LogP contribution in [-0.4, -0.2) is 38.9 Å². The molecule has 3 rings (SSSR count). The van der Waals surface area contributed by atoms with Crippen molar-refractivity contribution in [3.8, 4) is 5.75 Å². The molecule has 1 fully saturated rings. The summed E-state index contributed by atoms with van der Waals surface area (Å²) < 4.78 is 40.8. The Balaban J connectivity index is 0.00000320. The molecular weight excluding hydrogens is 507 g/mol. The van der Waals surface area contributed by atoms with Gasteiger partial charge in [0.1, 0.15) is 11.5 Å². The van der Waals surface area contributed by atoms with E-state index in [4.69, 9.17) is 9.15 Å². The quantitative estimate of drug-likeness (QED) is 0.288. The van der Waals surface area contributed by atoms with Crippen molar-refractivity contribution in [2.45, 2.75) is 32.9 Å². The van der Waals surface area contributed by atoms with E-state index in [0.29, 0.717) is 30.4 Å². The number of rotatable bonds is 9. The van der Waals surface area contributed by atoms with Gasteiger partial charge in [-0.2, -0.15) is 8.78 Å². The Kier molecular flexibility index (Phi) is 10.4. The fraction of sp³-hybridized carbons (Fsp3) is 0.476. The number of alkyl halides is 2. The monoisotopic (exact) mass is 535 g/mol. The Bertz CT molecular complexity index is 782. The van der Waals surface area contributed by atoms with Gasteiger partial charge in [-0.25, -0.2) is 4.99 Å². The second-order valence-electron chi connectivity index (χ2n) is 7.02. The third-order valence-electron chi connectivity index (χ3n) is 4.67. The molecule has 0 aliphatic carbocycles. The molecule has 1 unspecified atom stereocenters. The van der Waals surface area contributed by atoms with Gasteiger partial charge in [0.2, 0.25) is 0 Å². The number of aryl methyl sites for hydroxylation is 1. The number of nitrogens with one attached hydrogen (secondary N) is 2. The highest BCUT2D eigenvalue weighted by molar-refractivity contribution is 14.0. The first-order chi connectivity index (χ1) is 14.1. The highest BCUT2D eigenvalue weighted by Crippen LogP contribution is 2.23. The summed E-state index contributed by atoms with van der Waals surface area (Å²) in [6, 6.07) is 8.88. The van der Waals surface area contributed by atoms with Crippen LogP contribution in [0.2, 0.25) is 0 Å². The van der Waals surface area contributed by atoms with Crippen LogP contribution in [0.5, 0.6) is 5.75 Å². The molecule has 1 aliphatic rings. The smallest absolute Gasteiger partial charge is 0.387 e. The summed E-state index contributed by atoms with van der Waals surface area (Å²) in [5.41, 5.74) is 1.57. The zero-order chi connectivity index (χ0) is 20.5. The van der Waals surface area contributed by atoms with E-state index in [0.717, 1.165) is 37.5 Å². The van der Waals surface area contributed by atoms with Crippen molar-refractivity contribution in [1.82, 2.24) is 10.6 Å². The van der Waals surface area contributed by atoms with Crippen molar-refractivity contribution in [3.05, 3.63) is 53.5 Å². The SMILES string of the molecule is Cc1ccc(OC(F)F)c(CN=C(NCCc2ccco2)NCC2CCOC2)c1.I. The summed E-state index contributed by atoms with van der Waals surface area (Å²) in [4.78, 5) is 4.58. The van der Waals surface area contributed by atoms with Gasteiger partial charge in [0.15, 0.2) is 5.96 Å². The maximum Gasteiger partial charge on any atom is 0.387 e. The lowest BCUT2D eigenvalue weighted by Crippen LogP contribution is -2.40. The number of hydrogen-bond acceptors (Lipinski definition) is 4. The first kappa shape index (κ1) is 24.4. The molecule has 1 saturated heterocycles. The van der Waals surface area contributed by atoms with Crippen molar-refractivity contribution < 1.29 is 22.7 Å². The lowest BCUT2D eigenvalue weighted by molar-refractivity contribution is -0.0504. The first-order valence-electron chi connectivity index (χ1n) is 9.77. The van der Waals surface area contributed by atoms with Crippen LogP contribution in [-0.2, 0) is 17.7 Å². The van der Waals surface area contributed by atoms with Crippen LogP contribution in [0.4, 0.5) is 8.78 Å². The Morgan fingerprint density at radius 2 is 2.17 bits per heavy atom. The normalized spacial score (nSPS) is 16.4. The second kappa shape index (κ2) is 12.7. The fourth-order valence-electron chi connectivity index (χ4n) is 3.13. The van der Waals surface area contributed by atoms with Crippen LogP contribution in [0, 0.1) is 12.8 Å². The van der Waals surface area contributed by atoms with Gasteiger partial charge in [-0.05, 0) is 31.5 Å². The Labute approximate surface area is 192 Å². The lowest BCUT2D eigenvalue weighted by Gasteiger charge is -2.16. The van der Waals surface area contributed by atoms with Crippen LogP contribution in [0.25, 0.3) is 0 Å². The topological polar surface area (TPSA) is 68.0 Å². The maximum absolute atomic E-state index is 12.7. The van der Waals surface area contributed by atoms with Gasteiger partial charge in [-0.3, -0.25) is 0 Å². The van der Waals surface area contributed by atoms with Crippen LogP contribution in [0.1, 0.15) is 23.3 Å². The minimum atomic E-state index is -2.87. The molecule has 0 bridgehead atoms. The van der Waals surface area contributed by atoms with Gasteiger partial charge in [-0.15, -0.1) is 24.0 Å². The minimum absolute atomic E-state index is 0. The van der Waals surface area contributed by atoms with Gasteiger partial charge in [-0.1, -0.05) is 17.7 Å². The molecule has 30 heavy (non-hydrogen) atoms. The van der Waals surface area contributed by atoms with E-state index in [1.165, 1.54) is 0 Å². The molecule has 1 atom stereocenters. The van der Waals surface area contributed by atoms with E-state index in [2.05, 4.69) is 20.4 Å². The number of aliphatic imine (C=N–C) groups is 1. The molecule has 2 aromatic rings. The standard InChI is InChI=1S/C21H27F2N3O3.HI/c1-15-4-5-19(29-20(22)23)17(11-15)13-26-21(25-12-16-7-10-27-14-16)24-8-6-18-3-2-9-28-18;/h2-5,9,11,16,20H,6-8,10,12-14H2,1H3,(H2,24,25,26);1H. The fourth-order valence-corrected chi connectivity index (χ4v) is 3.13.